The molecular formula is C16H18N2O4S. The van der Waals surface area contributed by atoms with Gasteiger partial charge in [0.15, 0.2) is 0 Å². The van der Waals surface area contributed by atoms with E-state index in [2.05, 4.69) is 9.93 Å². The SMILES string of the molecule is CCOc1ccc(S(=O)(=O)N/N=C/c2ccc(OC)cc2)cc1. The van der Waals surface area contributed by atoms with Crippen molar-refractivity contribution in [3.63, 3.8) is 0 Å². The molecule has 0 bridgehead atoms. The number of hydrogen-bond acceptors (Lipinski definition) is 5. The van der Waals surface area contributed by atoms with Crippen molar-refractivity contribution in [3.8, 4) is 11.5 Å². The zero-order valence-electron chi connectivity index (χ0n) is 12.9. The summed E-state index contributed by atoms with van der Waals surface area (Å²) in [6.07, 6.45) is 1.42. The molecule has 0 amide bonds. The van der Waals surface area contributed by atoms with Gasteiger partial charge in [0.1, 0.15) is 11.5 Å². The first-order valence-electron chi connectivity index (χ1n) is 6.97. The summed E-state index contributed by atoms with van der Waals surface area (Å²) in [5.41, 5.74) is 0.750. The molecule has 23 heavy (non-hydrogen) atoms. The van der Waals surface area contributed by atoms with Gasteiger partial charge < -0.3 is 9.47 Å². The second-order valence-electron chi connectivity index (χ2n) is 4.53. The van der Waals surface area contributed by atoms with Crippen LogP contribution in [0.1, 0.15) is 12.5 Å². The van der Waals surface area contributed by atoms with Crippen LogP contribution in [0, 0.1) is 0 Å². The Kier molecular flexibility index (Phi) is 5.59. The van der Waals surface area contributed by atoms with E-state index in [0.717, 1.165) is 11.3 Å². The molecule has 2 aromatic carbocycles. The first kappa shape index (κ1) is 16.8. The molecule has 0 heterocycles. The molecule has 0 saturated carbocycles. The number of nitrogens with zero attached hydrogens (tertiary/aromatic N) is 1. The fourth-order valence-corrected chi connectivity index (χ4v) is 2.59. The first-order valence-corrected chi connectivity index (χ1v) is 8.45. The van der Waals surface area contributed by atoms with Crippen molar-refractivity contribution in [1.82, 2.24) is 4.83 Å². The van der Waals surface area contributed by atoms with Crippen LogP contribution in [0.5, 0.6) is 11.5 Å². The van der Waals surface area contributed by atoms with E-state index in [4.69, 9.17) is 9.47 Å². The second kappa shape index (κ2) is 7.64. The summed E-state index contributed by atoms with van der Waals surface area (Å²) < 4.78 is 34.5. The Labute approximate surface area is 135 Å². The van der Waals surface area contributed by atoms with Crippen LogP contribution in [0.15, 0.2) is 58.5 Å². The van der Waals surface area contributed by atoms with Gasteiger partial charge in [-0.15, -0.1) is 0 Å². The standard InChI is InChI=1S/C16H18N2O4S/c1-3-22-15-8-10-16(11-9-15)23(19,20)18-17-12-13-4-6-14(21-2)7-5-13/h4-12,18H,3H2,1-2H3/b17-12+. The molecule has 0 radical (unpaired) electrons. The number of benzene rings is 2. The molecule has 0 aliphatic heterocycles. The van der Waals surface area contributed by atoms with Gasteiger partial charge in [0.2, 0.25) is 0 Å². The van der Waals surface area contributed by atoms with Crippen molar-refractivity contribution in [2.24, 2.45) is 5.10 Å². The summed E-state index contributed by atoms with van der Waals surface area (Å²) in [6.45, 7) is 2.39. The fraction of sp³-hybridized carbons (Fsp3) is 0.188. The molecule has 0 saturated heterocycles. The lowest BCUT2D eigenvalue weighted by molar-refractivity contribution is 0.340. The summed E-state index contributed by atoms with van der Waals surface area (Å²) >= 11 is 0. The highest BCUT2D eigenvalue weighted by atomic mass is 32.2. The van der Waals surface area contributed by atoms with E-state index in [1.54, 1.807) is 43.5 Å². The Hall–Kier alpha value is -2.54. The van der Waals surface area contributed by atoms with Gasteiger partial charge in [0.05, 0.1) is 24.8 Å². The topological polar surface area (TPSA) is 77.0 Å². The number of sulfonamides is 1. The van der Waals surface area contributed by atoms with Gasteiger partial charge in [-0.2, -0.15) is 13.5 Å². The van der Waals surface area contributed by atoms with Gasteiger partial charge in [-0.05, 0) is 61.0 Å². The molecule has 0 fully saturated rings. The van der Waals surface area contributed by atoms with E-state index >= 15 is 0 Å². The number of hydrogen-bond donors (Lipinski definition) is 1. The van der Waals surface area contributed by atoms with Crippen LogP contribution in [0.2, 0.25) is 0 Å². The molecule has 6 nitrogen and oxygen atoms in total. The van der Waals surface area contributed by atoms with Crippen LogP contribution in [-0.2, 0) is 10.0 Å². The van der Waals surface area contributed by atoms with Crippen LogP contribution in [0.25, 0.3) is 0 Å². The number of hydrazone groups is 1. The predicted molar refractivity (Wildman–Crippen MR) is 88.5 cm³/mol. The number of rotatable bonds is 7. The summed E-state index contributed by atoms with van der Waals surface area (Å²) in [4.78, 5) is 2.29. The number of nitrogens with one attached hydrogen (secondary N) is 1. The largest absolute Gasteiger partial charge is 0.497 e. The second-order valence-corrected chi connectivity index (χ2v) is 6.19. The van der Waals surface area contributed by atoms with Crippen LogP contribution in [0.3, 0.4) is 0 Å². The Morgan fingerprint density at radius 1 is 1.04 bits per heavy atom. The third-order valence-corrected chi connectivity index (χ3v) is 4.19. The summed E-state index contributed by atoms with van der Waals surface area (Å²) in [6, 6.07) is 13.2. The van der Waals surface area contributed by atoms with Crippen LogP contribution < -0.4 is 14.3 Å². The van der Waals surface area contributed by atoms with Gasteiger partial charge in [-0.25, -0.2) is 4.83 Å². The Bertz CT molecular complexity index is 754. The van der Waals surface area contributed by atoms with E-state index in [9.17, 15) is 8.42 Å². The molecule has 0 aromatic heterocycles. The summed E-state index contributed by atoms with van der Waals surface area (Å²) in [5, 5.41) is 3.77. The molecule has 122 valence electrons. The number of methoxy groups -OCH3 is 1. The minimum absolute atomic E-state index is 0.118. The molecule has 0 aliphatic rings. The Morgan fingerprint density at radius 2 is 1.65 bits per heavy atom. The van der Waals surface area contributed by atoms with Crippen LogP contribution in [-0.4, -0.2) is 28.3 Å². The van der Waals surface area contributed by atoms with Crippen LogP contribution >= 0.6 is 0 Å². The van der Waals surface area contributed by atoms with Gasteiger partial charge >= 0.3 is 0 Å². The van der Waals surface area contributed by atoms with Crippen molar-refractivity contribution in [3.05, 3.63) is 54.1 Å². The van der Waals surface area contributed by atoms with Crippen molar-refractivity contribution < 1.29 is 17.9 Å². The fourth-order valence-electron chi connectivity index (χ4n) is 1.79. The lowest BCUT2D eigenvalue weighted by Gasteiger charge is -2.05. The average molecular weight is 334 g/mol. The van der Waals surface area contributed by atoms with E-state index < -0.39 is 10.0 Å². The van der Waals surface area contributed by atoms with E-state index in [-0.39, 0.29) is 4.90 Å². The van der Waals surface area contributed by atoms with Gasteiger partial charge in [-0.3, -0.25) is 0 Å². The monoisotopic (exact) mass is 334 g/mol. The third-order valence-electron chi connectivity index (χ3n) is 2.95. The Balaban J connectivity index is 2.03. The van der Waals surface area contributed by atoms with E-state index in [0.29, 0.717) is 12.4 Å². The highest BCUT2D eigenvalue weighted by molar-refractivity contribution is 7.89. The van der Waals surface area contributed by atoms with Gasteiger partial charge in [0.25, 0.3) is 10.0 Å². The highest BCUT2D eigenvalue weighted by Gasteiger charge is 2.12. The van der Waals surface area contributed by atoms with Gasteiger partial charge in [-0.1, -0.05) is 0 Å². The lowest BCUT2D eigenvalue weighted by Crippen LogP contribution is -2.18. The minimum Gasteiger partial charge on any atom is -0.497 e. The summed E-state index contributed by atoms with van der Waals surface area (Å²) in [5.74, 6) is 1.34. The van der Waals surface area contributed by atoms with E-state index in [1.807, 2.05) is 6.92 Å². The van der Waals surface area contributed by atoms with Gasteiger partial charge in [0, 0.05) is 0 Å². The summed E-state index contributed by atoms with van der Waals surface area (Å²) in [7, 11) is -2.13. The zero-order chi connectivity index (χ0) is 16.7. The van der Waals surface area contributed by atoms with Crippen molar-refractivity contribution in [2.45, 2.75) is 11.8 Å². The minimum atomic E-state index is -3.70. The molecule has 7 heteroatoms. The molecule has 1 N–H and O–H groups in total. The molecule has 0 aliphatic carbocycles. The predicted octanol–water partition coefficient (Wildman–Crippen LogP) is 2.41. The third kappa shape index (κ3) is 4.72. The molecule has 0 atom stereocenters. The molecule has 2 rings (SSSR count). The number of ether oxygens (including phenoxy) is 2. The Morgan fingerprint density at radius 3 is 2.22 bits per heavy atom. The average Bonchev–Trinajstić information content (AvgIpc) is 2.56. The maximum Gasteiger partial charge on any atom is 0.276 e. The maximum absolute atomic E-state index is 12.1. The molecule has 0 spiro atoms. The maximum atomic E-state index is 12.1. The molecule has 2 aromatic rings. The molecule has 0 unspecified atom stereocenters. The quantitative estimate of drug-likeness (QED) is 0.623. The van der Waals surface area contributed by atoms with Crippen molar-refractivity contribution >= 4 is 16.2 Å². The smallest absolute Gasteiger partial charge is 0.276 e. The normalized spacial score (nSPS) is 11.4. The van der Waals surface area contributed by atoms with Crippen LogP contribution in [0.4, 0.5) is 0 Å². The molecular weight excluding hydrogens is 316 g/mol. The van der Waals surface area contributed by atoms with Crippen molar-refractivity contribution in [2.75, 3.05) is 13.7 Å². The van der Waals surface area contributed by atoms with E-state index in [1.165, 1.54) is 18.3 Å². The lowest BCUT2D eigenvalue weighted by atomic mass is 10.2. The van der Waals surface area contributed by atoms with Crippen molar-refractivity contribution in [1.29, 1.82) is 0 Å². The highest BCUT2D eigenvalue weighted by Crippen LogP contribution is 2.15. The first-order chi connectivity index (χ1) is 11.0. The zero-order valence-corrected chi connectivity index (χ0v) is 13.7.